The molecule has 2 rings (SSSR count). The van der Waals surface area contributed by atoms with Gasteiger partial charge in [-0.1, -0.05) is 31.6 Å². The lowest BCUT2D eigenvalue weighted by molar-refractivity contribution is 0.884. The highest BCUT2D eigenvalue weighted by Crippen LogP contribution is 2.22. The Kier molecular flexibility index (Phi) is 5.74. The van der Waals surface area contributed by atoms with E-state index in [1.165, 1.54) is 11.3 Å². The maximum atomic E-state index is 11.1. The van der Waals surface area contributed by atoms with E-state index in [-0.39, 0.29) is 4.87 Å². The zero-order chi connectivity index (χ0) is 15.1. The Hall–Kier alpha value is -1.89. The molecule has 0 spiro atoms. The zero-order valence-corrected chi connectivity index (χ0v) is 13.2. The SMILES string of the molecule is CCCNc1ncnc(NCc2csc(=O)[nH]2)c1CCC. The largest absolute Gasteiger partial charge is 0.370 e. The molecule has 0 aliphatic rings. The highest BCUT2D eigenvalue weighted by atomic mass is 32.1. The molecule has 7 heteroatoms. The van der Waals surface area contributed by atoms with Crippen molar-refractivity contribution in [3.63, 3.8) is 0 Å². The zero-order valence-electron chi connectivity index (χ0n) is 12.4. The maximum absolute atomic E-state index is 11.1. The minimum atomic E-state index is -0.0337. The number of H-pyrrole nitrogens is 1. The van der Waals surface area contributed by atoms with Crippen LogP contribution in [0.4, 0.5) is 11.6 Å². The molecule has 0 radical (unpaired) electrons. The minimum absolute atomic E-state index is 0.0337. The minimum Gasteiger partial charge on any atom is -0.370 e. The molecule has 6 nitrogen and oxygen atoms in total. The van der Waals surface area contributed by atoms with Crippen LogP contribution in [0.2, 0.25) is 0 Å². The van der Waals surface area contributed by atoms with Gasteiger partial charge in [0, 0.05) is 23.2 Å². The first kappa shape index (κ1) is 15.5. The molecule has 0 aliphatic carbocycles. The molecule has 0 bridgehead atoms. The third-order valence-corrected chi connectivity index (χ3v) is 3.72. The summed E-state index contributed by atoms with van der Waals surface area (Å²) >= 11 is 1.17. The highest BCUT2D eigenvalue weighted by molar-refractivity contribution is 7.07. The van der Waals surface area contributed by atoms with Crippen LogP contribution >= 0.6 is 11.3 Å². The van der Waals surface area contributed by atoms with Gasteiger partial charge in [0.15, 0.2) is 0 Å². The predicted octanol–water partition coefficient (Wildman–Crippen LogP) is 2.61. The molecule has 3 N–H and O–H groups in total. The molecule has 2 aromatic rings. The fraction of sp³-hybridized carbons (Fsp3) is 0.500. The standard InChI is InChI=1S/C14H21N5OS/c1-3-5-11-12(15-6-4-2)17-9-18-13(11)16-7-10-8-21-14(20)19-10/h8-9H,3-7H2,1-2H3,(H,19,20)(H2,15,16,17,18). The van der Waals surface area contributed by atoms with Crippen molar-refractivity contribution in [3.05, 3.63) is 32.6 Å². The van der Waals surface area contributed by atoms with E-state index < -0.39 is 0 Å². The summed E-state index contributed by atoms with van der Waals surface area (Å²) in [6, 6.07) is 0. The van der Waals surface area contributed by atoms with Gasteiger partial charge >= 0.3 is 4.87 Å². The second-order valence-corrected chi connectivity index (χ2v) is 5.60. The van der Waals surface area contributed by atoms with Crippen LogP contribution in [0.25, 0.3) is 0 Å². The Morgan fingerprint density at radius 3 is 2.57 bits per heavy atom. The summed E-state index contributed by atoms with van der Waals surface area (Å²) < 4.78 is 0. The molecule has 114 valence electrons. The van der Waals surface area contributed by atoms with E-state index >= 15 is 0 Å². The van der Waals surface area contributed by atoms with Crippen LogP contribution in [0.5, 0.6) is 0 Å². The van der Waals surface area contributed by atoms with Crippen LogP contribution in [-0.4, -0.2) is 21.5 Å². The van der Waals surface area contributed by atoms with Crippen LogP contribution in [0.3, 0.4) is 0 Å². The van der Waals surface area contributed by atoms with E-state index in [1.807, 2.05) is 5.38 Å². The summed E-state index contributed by atoms with van der Waals surface area (Å²) in [5.41, 5.74) is 1.97. The van der Waals surface area contributed by atoms with Gasteiger partial charge in [0.1, 0.15) is 18.0 Å². The molecule has 0 aliphatic heterocycles. The van der Waals surface area contributed by atoms with Crippen molar-refractivity contribution in [1.82, 2.24) is 15.0 Å². The van der Waals surface area contributed by atoms with E-state index in [4.69, 9.17) is 0 Å². The number of aromatic amines is 1. The van der Waals surface area contributed by atoms with E-state index in [2.05, 4.69) is 39.4 Å². The highest BCUT2D eigenvalue weighted by Gasteiger charge is 2.10. The van der Waals surface area contributed by atoms with E-state index in [0.29, 0.717) is 6.54 Å². The molecule has 0 fully saturated rings. The number of nitrogens with one attached hydrogen (secondary N) is 3. The van der Waals surface area contributed by atoms with Crippen molar-refractivity contribution in [2.24, 2.45) is 0 Å². The molecule has 2 aromatic heterocycles. The van der Waals surface area contributed by atoms with Crippen molar-refractivity contribution in [1.29, 1.82) is 0 Å². The van der Waals surface area contributed by atoms with Crippen molar-refractivity contribution >= 4 is 23.0 Å². The number of rotatable bonds is 8. The van der Waals surface area contributed by atoms with Gasteiger partial charge in [-0.05, 0) is 12.8 Å². The van der Waals surface area contributed by atoms with E-state index in [0.717, 1.165) is 48.7 Å². The van der Waals surface area contributed by atoms with E-state index in [1.54, 1.807) is 6.33 Å². The maximum Gasteiger partial charge on any atom is 0.304 e. The Morgan fingerprint density at radius 1 is 1.19 bits per heavy atom. The van der Waals surface area contributed by atoms with Gasteiger partial charge < -0.3 is 15.6 Å². The lowest BCUT2D eigenvalue weighted by Gasteiger charge is -2.14. The average molecular weight is 307 g/mol. The lowest BCUT2D eigenvalue weighted by Crippen LogP contribution is -2.11. The summed E-state index contributed by atoms with van der Waals surface area (Å²) in [5, 5.41) is 8.46. The molecular weight excluding hydrogens is 286 g/mol. The lowest BCUT2D eigenvalue weighted by atomic mass is 10.1. The summed E-state index contributed by atoms with van der Waals surface area (Å²) in [6.45, 7) is 5.71. The topological polar surface area (TPSA) is 82.7 Å². The van der Waals surface area contributed by atoms with Gasteiger partial charge in [-0.25, -0.2) is 9.97 Å². The van der Waals surface area contributed by atoms with Gasteiger partial charge in [-0.2, -0.15) is 0 Å². The van der Waals surface area contributed by atoms with Crippen LogP contribution < -0.4 is 15.5 Å². The monoisotopic (exact) mass is 307 g/mol. The Morgan fingerprint density at radius 2 is 1.95 bits per heavy atom. The van der Waals surface area contributed by atoms with Crippen molar-refractivity contribution in [2.45, 2.75) is 39.7 Å². The van der Waals surface area contributed by atoms with Crippen molar-refractivity contribution < 1.29 is 0 Å². The number of nitrogens with zero attached hydrogens (tertiary/aromatic N) is 2. The third kappa shape index (κ3) is 4.29. The first-order chi connectivity index (χ1) is 10.2. The summed E-state index contributed by atoms with van der Waals surface area (Å²) in [6.07, 6.45) is 4.55. The molecule has 0 aromatic carbocycles. The second-order valence-electron chi connectivity index (χ2n) is 4.75. The Bertz CT molecular complexity index is 622. The van der Waals surface area contributed by atoms with Crippen LogP contribution in [-0.2, 0) is 13.0 Å². The van der Waals surface area contributed by atoms with Crippen LogP contribution in [0.1, 0.15) is 37.9 Å². The predicted molar refractivity (Wildman–Crippen MR) is 87.1 cm³/mol. The van der Waals surface area contributed by atoms with Crippen molar-refractivity contribution in [3.8, 4) is 0 Å². The second kappa shape index (κ2) is 7.78. The van der Waals surface area contributed by atoms with Gasteiger partial charge in [0.05, 0.1) is 6.54 Å². The van der Waals surface area contributed by atoms with Gasteiger partial charge in [0.2, 0.25) is 0 Å². The summed E-state index contributed by atoms with van der Waals surface area (Å²) in [5.74, 6) is 1.73. The van der Waals surface area contributed by atoms with Crippen LogP contribution in [0.15, 0.2) is 16.5 Å². The summed E-state index contributed by atoms with van der Waals surface area (Å²) in [7, 11) is 0. The van der Waals surface area contributed by atoms with Gasteiger partial charge in [-0.3, -0.25) is 4.79 Å². The normalized spacial score (nSPS) is 10.6. The Labute approximate surface area is 128 Å². The molecule has 0 saturated heterocycles. The average Bonchev–Trinajstić information content (AvgIpc) is 2.90. The third-order valence-electron chi connectivity index (χ3n) is 3.00. The fourth-order valence-electron chi connectivity index (χ4n) is 2.03. The molecular formula is C14H21N5OS. The molecule has 0 atom stereocenters. The number of anilines is 2. The first-order valence-corrected chi connectivity index (χ1v) is 8.10. The number of hydrogen-bond acceptors (Lipinski definition) is 6. The first-order valence-electron chi connectivity index (χ1n) is 7.22. The van der Waals surface area contributed by atoms with Gasteiger partial charge in [0.25, 0.3) is 0 Å². The van der Waals surface area contributed by atoms with E-state index in [9.17, 15) is 4.79 Å². The van der Waals surface area contributed by atoms with Crippen LogP contribution in [0, 0.1) is 0 Å². The Balaban J connectivity index is 2.14. The van der Waals surface area contributed by atoms with Gasteiger partial charge in [-0.15, -0.1) is 0 Å². The smallest absolute Gasteiger partial charge is 0.304 e. The quantitative estimate of drug-likeness (QED) is 0.698. The number of hydrogen-bond donors (Lipinski definition) is 3. The van der Waals surface area contributed by atoms with Crippen molar-refractivity contribution in [2.75, 3.05) is 17.2 Å². The molecule has 2 heterocycles. The summed E-state index contributed by atoms with van der Waals surface area (Å²) in [4.78, 5) is 22.6. The fourth-order valence-corrected chi connectivity index (χ4v) is 2.61. The molecule has 0 unspecified atom stereocenters. The number of aromatic nitrogens is 3. The molecule has 0 saturated carbocycles. The number of thiazole rings is 1. The molecule has 0 amide bonds. The molecule has 21 heavy (non-hydrogen) atoms.